The molecular formula is C17H17NO2S2. The van der Waals surface area contributed by atoms with E-state index in [2.05, 4.69) is 6.07 Å². The smallest absolute Gasteiger partial charge is 0.176 e. The van der Waals surface area contributed by atoms with Crippen molar-refractivity contribution in [2.75, 3.05) is 6.26 Å². The van der Waals surface area contributed by atoms with Gasteiger partial charge in [-0.3, -0.25) is 0 Å². The van der Waals surface area contributed by atoms with E-state index in [1.165, 1.54) is 23.6 Å². The first-order valence-corrected chi connectivity index (χ1v) is 9.58. The van der Waals surface area contributed by atoms with Crippen LogP contribution in [0.2, 0.25) is 0 Å². The second-order valence-electron chi connectivity index (χ2n) is 5.14. The van der Waals surface area contributed by atoms with Gasteiger partial charge < -0.3 is 0 Å². The quantitative estimate of drug-likeness (QED) is 0.785. The molecule has 2 rings (SSSR count). The van der Waals surface area contributed by atoms with Crippen LogP contribution in [-0.2, 0) is 16.3 Å². The van der Waals surface area contributed by atoms with Gasteiger partial charge in [-0.05, 0) is 31.0 Å². The van der Waals surface area contributed by atoms with Crippen LogP contribution in [0.1, 0.15) is 11.1 Å². The van der Waals surface area contributed by atoms with Crippen LogP contribution in [0.25, 0.3) is 0 Å². The maximum atomic E-state index is 11.8. The van der Waals surface area contributed by atoms with Gasteiger partial charge in [0.15, 0.2) is 9.84 Å². The molecule has 3 nitrogen and oxygen atoms in total. The topological polar surface area (TPSA) is 57.9 Å². The number of nitrogens with zero attached hydrogens (tertiary/aromatic N) is 1. The first-order chi connectivity index (χ1) is 10.4. The third-order valence-corrected chi connectivity index (χ3v) is 5.65. The summed E-state index contributed by atoms with van der Waals surface area (Å²) < 4.78 is 23.6. The van der Waals surface area contributed by atoms with Crippen molar-refractivity contribution in [3.63, 3.8) is 0 Å². The highest BCUT2D eigenvalue weighted by atomic mass is 32.2. The summed E-state index contributed by atoms with van der Waals surface area (Å²) in [6, 6.07) is 17.1. The van der Waals surface area contributed by atoms with Crippen molar-refractivity contribution >= 4 is 21.6 Å². The van der Waals surface area contributed by atoms with E-state index in [0.717, 1.165) is 5.56 Å². The van der Waals surface area contributed by atoms with E-state index in [1.807, 2.05) is 31.2 Å². The predicted molar refractivity (Wildman–Crippen MR) is 89.7 cm³/mol. The third kappa shape index (κ3) is 4.36. The largest absolute Gasteiger partial charge is 0.224 e. The van der Waals surface area contributed by atoms with E-state index in [9.17, 15) is 13.7 Å². The molecule has 0 N–H and O–H groups in total. The summed E-state index contributed by atoms with van der Waals surface area (Å²) in [5.74, 6) is 0. The number of hydrogen-bond acceptors (Lipinski definition) is 4. The molecule has 0 saturated carbocycles. The first-order valence-electron chi connectivity index (χ1n) is 6.81. The highest BCUT2D eigenvalue weighted by Gasteiger charge is 2.17. The molecule has 0 unspecified atom stereocenters. The zero-order chi connectivity index (χ0) is 16.2. The zero-order valence-corrected chi connectivity index (χ0v) is 14.1. The molecule has 1 atom stereocenters. The Morgan fingerprint density at radius 2 is 1.77 bits per heavy atom. The zero-order valence-electron chi connectivity index (χ0n) is 12.5. The lowest BCUT2D eigenvalue weighted by molar-refractivity contribution is 0.600. The standard InChI is InChI=1S/C17H17NO2S2/c1-13-7-9-14(10-8-13)11-15(12-18)21-16-5-3-4-6-17(16)22(2,19)20/h3-10,15H,11H2,1-2H3/t15-/m1/s1. The molecule has 0 aliphatic heterocycles. The fourth-order valence-electron chi connectivity index (χ4n) is 2.06. The van der Waals surface area contributed by atoms with Crippen LogP contribution in [0.15, 0.2) is 58.3 Å². The summed E-state index contributed by atoms with van der Waals surface area (Å²) in [7, 11) is -3.30. The average molecular weight is 331 g/mol. The Morgan fingerprint density at radius 1 is 1.14 bits per heavy atom. The number of benzene rings is 2. The van der Waals surface area contributed by atoms with Crippen molar-refractivity contribution in [3.05, 3.63) is 59.7 Å². The Morgan fingerprint density at radius 3 is 2.36 bits per heavy atom. The molecule has 22 heavy (non-hydrogen) atoms. The van der Waals surface area contributed by atoms with Gasteiger partial charge in [0.2, 0.25) is 0 Å². The predicted octanol–water partition coefficient (Wildman–Crippen LogP) is 3.63. The Labute approximate surface area is 135 Å². The highest BCUT2D eigenvalue weighted by Crippen LogP contribution is 2.31. The summed E-state index contributed by atoms with van der Waals surface area (Å²) in [5, 5.41) is 9.05. The van der Waals surface area contributed by atoms with Crippen molar-refractivity contribution in [3.8, 4) is 6.07 Å². The van der Waals surface area contributed by atoms with Gasteiger partial charge >= 0.3 is 0 Å². The summed E-state index contributed by atoms with van der Waals surface area (Å²) >= 11 is 1.30. The number of hydrogen-bond donors (Lipinski definition) is 0. The lowest BCUT2D eigenvalue weighted by Gasteiger charge is -2.12. The normalized spacial score (nSPS) is 12.6. The molecule has 0 heterocycles. The van der Waals surface area contributed by atoms with E-state index in [4.69, 9.17) is 0 Å². The molecule has 114 valence electrons. The van der Waals surface area contributed by atoms with Gasteiger partial charge in [-0.15, -0.1) is 11.8 Å². The molecule has 0 bridgehead atoms. The fourth-order valence-corrected chi connectivity index (χ4v) is 4.39. The van der Waals surface area contributed by atoms with E-state index >= 15 is 0 Å². The second-order valence-corrected chi connectivity index (χ2v) is 8.37. The highest BCUT2D eigenvalue weighted by molar-refractivity contribution is 8.01. The van der Waals surface area contributed by atoms with Crippen molar-refractivity contribution in [1.29, 1.82) is 5.26 Å². The molecule has 0 saturated heterocycles. The Bertz CT molecular complexity index is 790. The van der Waals surface area contributed by atoms with Crippen LogP contribution in [0.4, 0.5) is 0 Å². The van der Waals surface area contributed by atoms with Crippen LogP contribution in [0.3, 0.4) is 0 Å². The molecule has 0 aliphatic rings. The summed E-state index contributed by atoms with van der Waals surface area (Å²) in [4.78, 5) is 0.910. The molecule has 0 spiro atoms. The minimum absolute atomic E-state index is 0.282. The maximum absolute atomic E-state index is 11.8. The van der Waals surface area contributed by atoms with Crippen molar-refractivity contribution < 1.29 is 8.42 Å². The van der Waals surface area contributed by atoms with Crippen LogP contribution in [-0.4, -0.2) is 19.9 Å². The molecule has 2 aromatic rings. The van der Waals surface area contributed by atoms with Gasteiger partial charge in [0.05, 0.1) is 11.0 Å². The molecule has 5 heteroatoms. The summed E-state index contributed by atoms with van der Waals surface area (Å²) in [6.07, 6.45) is 1.77. The Hall–Kier alpha value is -1.77. The molecule has 0 aliphatic carbocycles. The van der Waals surface area contributed by atoms with Crippen LogP contribution < -0.4 is 0 Å². The molecule has 0 fully saturated rings. The summed E-state index contributed by atoms with van der Waals surface area (Å²) in [5.41, 5.74) is 2.24. The number of sulfone groups is 1. The molecule has 0 aromatic heterocycles. The number of nitriles is 1. The van der Waals surface area contributed by atoms with E-state index in [0.29, 0.717) is 11.3 Å². The van der Waals surface area contributed by atoms with E-state index < -0.39 is 9.84 Å². The maximum Gasteiger partial charge on any atom is 0.176 e. The Kier molecular flexibility index (Phi) is 5.28. The van der Waals surface area contributed by atoms with Crippen LogP contribution >= 0.6 is 11.8 Å². The van der Waals surface area contributed by atoms with Gasteiger partial charge in [0, 0.05) is 11.2 Å². The monoisotopic (exact) mass is 331 g/mol. The Balaban J connectivity index is 2.21. The number of thioether (sulfide) groups is 1. The van der Waals surface area contributed by atoms with Crippen LogP contribution in [0, 0.1) is 18.3 Å². The van der Waals surface area contributed by atoms with Crippen molar-refractivity contribution in [2.24, 2.45) is 0 Å². The van der Waals surface area contributed by atoms with E-state index in [1.54, 1.807) is 24.3 Å². The minimum atomic E-state index is -3.30. The fraction of sp³-hybridized carbons (Fsp3) is 0.235. The summed E-state index contributed by atoms with van der Waals surface area (Å²) in [6.45, 7) is 2.02. The molecular weight excluding hydrogens is 314 g/mol. The van der Waals surface area contributed by atoms with Gasteiger partial charge in [-0.25, -0.2) is 8.42 Å². The molecule has 0 radical (unpaired) electrons. The molecule has 2 aromatic carbocycles. The number of rotatable bonds is 5. The lowest BCUT2D eigenvalue weighted by Crippen LogP contribution is -2.06. The van der Waals surface area contributed by atoms with Gasteiger partial charge in [0.1, 0.15) is 5.25 Å². The van der Waals surface area contributed by atoms with Crippen LogP contribution in [0.5, 0.6) is 0 Å². The lowest BCUT2D eigenvalue weighted by atomic mass is 10.1. The third-order valence-electron chi connectivity index (χ3n) is 3.20. The van der Waals surface area contributed by atoms with E-state index in [-0.39, 0.29) is 10.1 Å². The second kappa shape index (κ2) is 6.99. The minimum Gasteiger partial charge on any atom is -0.224 e. The SMILES string of the molecule is Cc1ccc(C[C@H](C#N)Sc2ccccc2S(C)(=O)=O)cc1. The molecule has 0 amide bonds. The van der Waals surface area contributed by atoms with Crippen molar-refractivity contribution in [1.82, 2.24) is 0 Å². The van der Waals surface area contributed by atoms with Gasteiger partial charge in [-0.2, -0.15) is 5.26 Å². The van der Waals surface area contributed by atoms with Crippen molar-refractivity contribution in [2.45, 2.75) is 28.4 Å². The van der Waals surface area contributed by atoms with Gasteiger partial charge in [0.25, 0.3) is 0 Å². The van der Waals surface area contributed by atoms with Gasteiger partial charge in [-0.1, -0.05) is 42.0 Å². The number of aryl methyl sites for hydroxylation is 1. The average Bonchev–Trinajstić information content (AvgIpc) is 2.48. The first kappa shape index (κ1) is 16.6.